The Morgan fingerprint density at radius 2 is 0.967 bits per heavy atom. The number of hydrogen-bond acceptors (Lipinski definition) is 2. The smallest absolute Gasteiger partial charge is 0.308 e. The van der Waals surface area contributed by atoms with Crippen LogP contribution in [0.4, 0.5) is 32.3 Å². The number of amides is 4. The fourth-order valence-electron chi connectivity index (χ4n) is 2.58. The van der Waals surface area contributed by atoms with Crippen molar-refractivity contribution in [3.63, 3.8) is 0 Å². The Balaban J connectivity index is 1.68. The van der Waals surface area contributed by atoms with Gasteiger partial charge in [-0.1, -0.05) is 35.4 Å². The molecule has 0 spiro atoms. The monoisotopic (exact) mass is 530 g/mol. The third-order valence-corrected chi connectivity index (χ3v) is 5.48. The molecule has 6 nitrogen and oxygen atoms in total. The van der Waals surface area contributed by atoms with E-state index in [0.29, 0.717) is 31.7 Å². The molecular weight excluding hydrogens is 512 g/mol. The summed E-state index contributed by atoms with van der Waals surface area (Å²) in [6, 6.07) is 17.6. The minimum Gasteiger partial charge on any atom is -0.308 e. The predicted molar refractivity (Wildman–Crippen MR) is 129 cm³/mol. The summed E-state index contributed by atoms with van der Waals surface area (Å²) in [5.41, 5.74) is 4.60. The molecule has 0 bridgehead atoms. The molecule has 0 saturated heterocycles. The lowest BCUT2D eigenvalue weighted by atomic mass is 10.2. The van der Waals surface area contributed by atoms with Crippen LogP contribution in [0.3, 0.4) is 0 Å². The van der Waals surface area contributed by atoms with Crippen molar-refractivity contribution in [2.45, 2.75) is 13.8 Å². The highest BCUT2D eigenvalue weighted by molar-refractivity contribution is 9.11. The molecule has 0 unspecified atom stereocenters. The molecule has 0 aliphatic carbocycles. The Morgan fingerprint density at radius 1 is 0.600 bits per heavy atom. The Morgan fingerprint density at radius 3 is 1.33 bits per heavy atom. The topological polar surface area (TPSA) is 82.3 Å². The lowest BCUT2D eigenvalue weighted by molar-refractivity contribution is 0.261. The number of carbonyl (C=O) groups excluding carboxylic acids is 2. The van der Waals surface area contributed by atoms with Crippen LogP contribution in [0.5, 0.6) is 0 Å². The molecule has 0 aliphatic rings. The second-order valence-corrected chi connectivity index (χ2v) is 8.41. The highest BCUT2D eigenvalue weighted by Gasteiger charge is 2.12. The van der Waals surface area contributed by atoms with Gasteiger partial charge in [0.05, 0.1) is 11.4 Å². The molecule has 0 fully saturated rings. The summed E-state index contributed by atoms with van der Waals surface area (Å²) in [6.45, 7) is 3.96. The zero-order valence-corrected chi connectivity index (χ0v) is 19.5. The summed E-state index contributed by atoms with van der Waals surface area (Å²) >= 11 is 6.86. The summed E-state index contributed by atoms with van der Waals surface area (Å²) in [5.74, 6) is 0. The quantitative estimate of drug-likeness (QED) is 0.289. The van der Waals surface area contributed by atoms with Crippen molar-refractivity contribution >= 4 is 66.7 Å². The Labute approximate surface area is 191 Å². The lowest BCUT2D eigenvalue weighted by Crippen LogP contribution is -2.21. The largest absolute Gasteiger partial charge is 0.323 e. The van der Waals surface area contributed by atoms with Gasteiger partial charge in [-0.2, -0.15) is 0 Å². The summed E-state index contributed by atoms with van der Waals surface area (Å²) in [6.07, 6.45) is 0. The van der Waals surface area contributed by atoms with Crippen molar-refractivity contribution in [2.75, 3.05) is 21.3 Å². The van der Waals surface area contributed by atoms with Crippen LogP contribution in [0.25, 0.3) is 0 Å². The van der Waals surface area contributed by atoms with Gasteiger partial charge in [-0.3, -0.25) is 0 Å². The minimum absolute atomic E-state index is 0.392. The first-order valence-corrected chi connectivity index (χ1v) is 10.7. The molecular formula is C22H20Br2N4O2. The van der Waals surface area contributed by atoms with E-state index in [2.05, 4.69) is 53.1 Å². The van der Waals surface area contributed by atoms with Crippen LogP contribution >= 0.6 is 31.9 Å². The molecule has 0 atom stereocenters. The first-order valence-electron chi connectivity index (χ1n) is 9.08. The highest BCUT2D eigenvalue weighted by atomic mass is 79.9. The van der Waals surface area contributed by atoms with Crippen LogP contribution in [0, 0.1) is 13.8 Å². The van der Waals surface area contributed by atoms with Gasteiger partial charge in [0.2, 0.25) is 0 Å². The van der Waals surface area contributed by atoms with Gasteiger partial charge < -0.3 is 21.3 Å². The van der Waals surface area contributed by atoms with Crippen LogP contribution < -0.4 is 21.3 Å². The summed E-state index contributed by atoms with van der Waals surface area (Å²) in [4.78, 5) is 24.7. The maximum atomic E-state index is 12.4. The molecule has 4 amide bonds. The lowest BCUT2D eigenvalue weighted by Gasteiger charge is -2.14. The van der Waals surface area contributed by atoms with E-state index in [4.69, 9.17) is 0 Å². The molecule has 154 valence electrons. The van der Waals surface area contributed by atoms with Crippen LogP contribution in [0.15, 0.2) is 69.6 Å². The van der Waals surface area contributed by atoms with E-state index < -0.39 is 12.1 Å². The van der Waals surface area contributed by atoms with Crippen LogP contribution in [0.1, 0.15) is 11.1 Å². The Kier molecular flexibility index (Phi) is 7.12. The van der Waals surface area contributed by atoms with E-state index in [-0.39, 0.29) is 0 Å². The first-order chi connectivity index (χ1) is 14.3. The van der Waals surface area contributed by atoms with Gasteiger partial charge in [0.25, 0.3) is 0 Å². The second-order valence-electron chi connectivity index (χ2n) is 6.70. The minimum atomic E-state index is -0.392. The van der Waals surface area contributed by atoms with Crippen LogP contribution in [0.2, 0.25) is 0 Å². The van der Waals surface area contributed by atoms with Gasteiger partial charge >= 0.3 is 12.1 Å². The molecule has 3 aromatic rings. The van der Waals surface area contributed by atoms with Gasteiger partial charge in [-0.25, -0.2) is 9.59 Å². The average Bonchev–Trinajstić information content (AvgIpc) is 2.69. The molecule has 0 saturated carbocycles. The van der Waals surface area contributed by atoms with Crippen LogP contribution in [-0.2, 0) is 0 Å². The zero-order chi connectivity index (χ0) is 21.7. The van der Waals surface area contributed by atoms with E-state index in [1.807, 2.05) is 62.4 Å². The van der Waals surface area contributed by atoms with Crippen molar-refractivity contribution in [3.05, 3.63) is 80.7 Å². The van der Waals surface area contributed by atoms with Gasteiger partial charge in [0.1, 0.15) is 0 Å². The SMILES string of the molecule is Cc1ccc(NC(=O)Nc2cc(NC(=O)Nc3ccc(C)cc3)c(Br)cc2Br)cc1. The molecule has 3 aromatic carbocycles. The number of hydrogen-bond donors (Lipinski definition) is 4. The molecule has 8 heteroatoms. The number of aryl methyl sites for hydroxylation is 2. The fourth-order valence-corrected chi connectivity index (χ4v) is 3.78. The number of benzene rings is 3. The van der Waals surface area contributed by atoms with Crippen molar-refractivity contribution in [1.29, 1.82) is 0 Å². The highest BCUT2D eigenvalue weighted by Crippen LogP contribution is 2.33. The van der Waals surface area contributed by atoms with Gasteiger partial charge in [-0.15, -0.1) is 0 Å². The maximum absolute atomic E-state index is 12.4. The van der Waals surface area contributed by atoms with E-state index in [0.717, 1.165) is 11.1 Å². The molecule has 4 N–H and O–H groups in total. The summed E-state index contributed by atoms with van der Waals surface area (Å²) in [5, 5.41) is 11.1. The molecule has 0 aromatic heterocycles. The third kappa shape index (κ3) is 6.08. The zero-order valence-electron chi connectivity index (χ0n) is 16.3. The van der Waals surface area contributed by atoms with E-state index in [1.54, 1.807) is 12.1 Å². The Bertz CT molecular complexity index is 985. The third-order valence-electron chi connectivity index (χ3n) is 4.17. The van der Waals surface area contributed by atoms with Crippen molar-refractivity contribution in [1.82, 2.24) is 0 Å². The number of urea groups is 2. The normalized spacial score (nSPS) is 10.3. The Hall–Kier alpha value is -2.84. The van der Waals surface area contributed by atoms with Crippen molar-refractivity contribution < 1.29 is 9.59 Å². The van der Waals surface area contributed by atoms with E-state index >= 15 is 0 Å². The summed E-state index contributed by atoms with van der Waals surface area (Å²) < 4.78 is 1.33. The van der Waals surface area contributed by atoms with Crippen molar-refractivity contribution in [3.8, 4) is 0 Å². The molecule has 30 heavy (non-hydrogen) atoms. The second kappa shape index (κ2) is 9.77. The van der Waals surface area contributed by atoms with Gasteiger partial charge in [0, 0.05) is 20.3 Å². The van der Waals surface area contributed by atoms with E-state index in [9.17, 15) is 9.59 Å². The molecule has 0 aliphatic heterocycles. The number of rotatable bonds is 4. The molecule has 3 rings (SSSR count). The maximum Gasteiger partial charge on any atom is 0.323 e. The van der Waals surface area contributed by atoms with E-state index in [1.165, 1.54) is 0 Å². The fraction of sp³-hybridized carbons (Fsp3) is 0.0909. The average molecular weight is 532 g/mol. The number of nitrogens with one attached hydrogen (secondary N) is 4. The van der Waals surface area contributed by atoms with Crippen LogP contribution in [-0.4, -0.2) is 12.1 Å². The molecule has 0 radical (unpaired) electrons. The number of halogens is 2. The van der Waals surface area contributed by atoms with Gasteiger partial charge in [0.15, 0.2) is 0 Å². The first kappa shape index (κ1) is 21.9. The van der Waals surface area contributed by atoms with Crippen molar-refractivity contribution in [2.24, 2.45) is 0 Å². The molecule has 0 heterocycles. The number of anilines is 4. The van der Waals surface area contributed by atoms with Gasteiger partial charge in [-0.05, 0) is 82.1 Å². The predicted octanol–water partition coefficient (Wildman–Crippen LogP) is 7.12. The summed E-state index contributed by atoms with van der Waals surface area (Å²) in [7, 11) is 0. The number of carbonyl (C=O) groups is 2. The standard InChI is InChI=1S/C22H20Br2N4O2/c1-13-3-7-15(8-4-13)25-21(29)27-19-12-20(18(24)11-17(19)23)28-22(30)26-16-9-5-14(2)6-10-16/h3-12H,1-2H3,(H2,25,27,29)(H2,26,28,30).